The molecule has 112 valence electrons. The molecule has 0 fully saturated rings. The van der Waals surface area contributed by atoms with Crippen molar-refractivity contribution < 1.29 is 4.79 Å². The van der Waals surface area contributed by atoms with E-state index in [1.54, 1.807) is 6.07 Å². The number of nitrogens with one attached hydrogen (secondary N) is 2. The molecule has 0 saturated heterocycles. The average Bonchev–Trinajstić information content (AvgIpc) is 2.87. The highest BCUT2D eigenvalue weighted by atomic mass is 35.5. The van der Waals surface area contributed by atoms with Crippen LogP contribution in [0.15, 0.2) is 30.3 Å². The minimum Gasteiger partial charge on any atom is -0.347 e. The summed E-state index contributed by atoms with van der Waals surface area (Å²) >= 11 is 7.28. The van der Waals surface area contributed by atoms with Crippen molar-refractivity contribution in [2.45, 2.75) is 19.6 Å². The van der Waals surface area contributed by atoms with E-state index in [9.17, 15) is 4.79 Å². The van der Waals surface area contributed by atoms with Crippen LogP contribution in [0, 0.1) is 0 Å². The molecule has 0 saturated carbocycles. The van der Waals surface area contributed by atoms with Gasteiger partial charge in [-0.1, -0.05) is 35.9 Å². The van der Waals surface area contributed by atoms with Gasteiger partial charge in [0, 0.05) is 19.6 Å². The van der Waals surface area contributed by atoms with Crippen LogP contribution in [-0.2, 0) is 19.6 Å². The lowest BCUT2D eigenvalue weighted by Crippen LogP contribution is -2.23. The van der Waals surface area contributed by atoms with Gasteiger partial charge >= 0.3 is 0 Å². The van der Waals surface area contributed by atoms with Gasteiger partial charge in [-0.3, -0.25) is 4.79 Å². The third kappa shape index (κ3) is 4.04. The topological polar surface area (TPSA) is 67.1 Å². The minimum absolute atomic E-state index is 0.124. The van der Waals surface area contributed by atoms with E-state index < -0.39 is 0 Å². The molecule has 0 bridgehead atoms. The molecule has 21 heavy (non-hydrogen) atoms. The molecule has 0 aliphatic carbocycles. The number of thiophene rings is 1. The fourth-order valence-electron chi connectivity index (χ4n) is 2.01. The van der Waals surface area contributed by atoms with Crippen LogP contribution in [0.2, 0.25) is 4.34 Å². The predicted molar refractivity (Wildman–Crippen MR) is 87.6 cm³/mol. The zero-order valence-corrected chi connectivity index (χ0v) is 13.4. The van der Waals surface area contributed by atoms with Gasteiger partial charge in [0.25, 0.3) is 5.91 Å². The van der Waals surface area contributed by atoms with Crippen molar-refractivity contribution in [2.24, 2.45) is 5.73 Å². The van der Waals surface area contributed by atoms with Gasteiger partial charge in [0.15, 0.2) is 0 Å². The van der Waals surface area contributed by atoms with Gasteiger partial charge in [0.05, 0.1) is 9.21 Å². The quantitative estimate of drug-likeness (QED) is 0.765. The Morgan fingerprint density at radius 1 is 1.24 bits per heavy atom. The monoisotopic (exact) mass is 323 g/mol. The summed E-state index contributed by atoms with van der Waals surface area (Å²) in [6.45, 7) is 1.60. The molecule has 1 amide bonds. The van der Waals surface area contributed by atoms with Crippen LogP contribution < -0.4 is 16.4 Å². The molecule has 0 aliphatic rings. The summed E-state index contributed by atoms with van der Waals surface area (Å²) in [5.74, 6) is -0.124. The highest BCUT2D eigenvalue weighted by molar-refractivity contribution is 7.18. The molecule has 6 heteroatoms. The molecule has 4 nitrogen and oxygen atoms in total. The van der Waals surface area contributed by atoms with E-state index in [-0.39, 0.29) is 5.91 Å². The third-order valence-electron chi connectivity index (χ3n) is 3.13. The Balaban J connectivity index is 2.03. The molecule has 1 aromatic carbocycles. The largest absolute Gasteiger partial charge is 0.347 e. The third-order valence-corrected chi connectivity index (χ3v) is 4.56. The summed E-state index contributed by atoms with van der Waals surface area (Å²) < 4.78 is 0.582. The molecule has 1 heterocycles. The lowest BCUT2D eigenvalue weighted by Gasteiger charge is -2.09. The summed E-state index contributed by atoms with van der Waals surface area (Å²) in [5.41, 5.74) is 8.65. The summed E-state index contributed by atoms with van der Waals surface area (Å²) in [7, 11) is 1.90. The maximum Gasteiger partial charge on any atom is 0.261 e. The van der Waals surface area contributed by atoms with E-state index in [1.807, 2.05) is 31.3 Å². The van der Waals surface area contributed by atoms with Crippen LogP contribution in [0.4, 0.5) is 0 Å². The normalized spacial score (nSPS) is 10.6. The van der Waals surface area contributed by atoms with Crippen LogP contribution in [0.25, 0.3) is 0 Å². The Kier molecular flexibility index (Phi) is 5.76. The van der Waals surface area contributed by atoms with Crippen molar-refractivity contribution in [3.8, 4) is 0 Å². The summed E-state index contributed by atoms with van der Waals surface area (Å²) in [5, 5.41) is 6.04. The number of hydrogen-bond donors (Lipinski definition) is 3. The maximum atomic E-state index is 12.2. The zero-order chi connectivity index (χ0) is 15.2. The lowest BCUT2D eigenvalue weighted by atomic mass is 10.1. The van der Waals surface area contributed by atoms with E-state index >= 15 is 0 Å². The van der Waals surface area contributed by atoms with Gasteiger partial charge < -0.3 is 16.4 Å². The highest BCUT2D eigenvalue weighted by Gasteiger charge is 2.13. The molecular formula is C15H18ClN3OS. The minimum atomic E-state index is -0.124. The van der Waals surface area contributed by atoms with E-state index in [0.717, 1.165) is 17.7 Å². The zero-order valence-electron chi connectivity index (χ0n) is 11.8. The van der Waals surface area contributed by atoms with Crippen molar-refractivity contribution in [1.82, 2.24) is 10.6 Å². The molecule has 0 radical (unpaired) electrons. The number of amides is 1. The van der Waals surface area contributed by atoms with Crippen molar-refractivity contribution in [2.75, 3.05) is 7.05 Å². The van der Waals surface area contributed by atoms with E-state index in [1.165, 1.54) is 16.9 Å². The fourth-order valence-corrected chi connectivity index (χ4v) is 3.23. The van der Waals surface area contributed by atoms with Crippen LogP contribution in [0.5, 0.6) is 0 Å². The van der Waals surface area contributed by atoms with E-state index in [2.05, 4.69) is 10.6 Å². The number of carbonyl (C=O) groups excluding carboxylic acids is 1. The molecule has 2 aromatic rings. The molecule has 1 aromatic heterocycles. The second-order valence-electron chi connectivity index (χ2n) is 4.60. The van der Waals surface area contributed by atoms with Gasteiger partial charge in [-0.25, -0.2) is 0 Å². The molecule has 0 spiro atoms. The number of halogens is 1. The van der Waals surface area contributed by atoms with Gasteiger partial charge in [-0.05, 0) is 29.8 Å². The Bertz CT molecular complexity index is 627. The summed E-state index contributed by atoms with van der Waals surface area (Å²) in [6, 6.07) is 9.77. The van der Waals surface area contributed by atoms with Crippen LogP contribution in [-0.4, -0.2) is 13.0 Å². The smallest absolute Gasteiger partial charge is 0.261 e. The molecule has 0 aliphatic heterocycles. The first-order chi connectivity index (χ1) is 10.2. The predicted octanol–water partition coefficient (Wildman–Crippen LogP) is 2.51. The lowest BCUT2D eigenvalue weighted by molar-refractivity contribution is 0.0955. The molecule has 0 unspecified atom stereocenters. The standard InChI is InChI=1S/C15H18ClN3OS/c1-18-8-10-4-2-3-5-11(10)9-19-15(20)13-6-12(7-17)14(16)21-13/h2-6,18H,7-9,17H2,1H3,(H,19,20). The number of carbonyl (C=O) groups is 1. The number of hydrogen-bond acceptors (Lipinski definition) is 4. The van der Waals surface area contributed by atoms with Gasteiger partial charge in [-0.15, -0.1) is 11.3 Å². The van der Waals surface area contributed by atoms with Crippen LogP contribution in [0.1, 0.15) is 26.4 Å². The van der Waals surface area contributed by atoms with E-state index in [0.29, 0.717) is 22.3 Å². The first kappa shape index (κ1) is 16.0. The Morgan fingerprint density at radius 3 is 2.48 bits per heavy atom. The second-order valence-corrected chi connectivity index (χ2v) is 6.25. The SMILES string of the molecule is CNCc1ccccc1CNC(=O)c1cc(CN)c(Cl)s1. The molecule has 2 rings (SSSR count). The molecular weight excluding hydrogens is 306 g/mol. The first-order valence-corrected chi connectivity index (χ1v) is 7.83. The summed E-state index contributed by atoms with van der Waals surface area (Å²) in [6.07, 6.45) is 0. The van der Waals surface area contributed by atoms with Crippen LogP contribution >= 0.6 is 22.9 Å². The number of rotatable bonds is 6. The Hall–Kier alpha value is -1.40. The Morgan fingerprint density at radius 2 is 1.90 bits per heavy atom. The summed E-state index contributed by atoms with van der Waals surface area (Å²) in [4.78, 5) is 12.7. The van der Waals surface area contributed by atoms with Crippen molar-refractivity contribution in [3.63, 3.8) is 0 Å². The van der Waals surface area contributed by atoms with Crippen molar-refractivity contribution in [1.29, 1.82) is 0 Å². The fraction of sp³-hybridized carbons (Fsp3) is 0.267. The number of benzene rings is 1. The molecule has 0 atom stereocenters. The molecule has 4 N–H and O–H groups in total. The van der Waals surface area contributed by atoms with Crippen LogP contribution in [0.3, 0.4) is 0 Å². The maximum absolute atomic E-state index is 12.2. The first-order valence-electron chi connectivity index (χ1n) is 6.63. The van der Waals surface area contributed by atoms with Crippen molar-refractivity contribution in [3.05, 3.63) is 56.2 Å². The van der Waals surface area contributed by atoms with Gasteiger partial charge in [0.2, 0.25) is 0 Å². The van der Waals surface area contributed by atoms with E-state index in [4.69, 9.17) is 17.3 Å². The average molecular weight is 324 g/mol. The highest BCUT2D eigenvalue weighted by Crippen LogP contribution is 2.27. The second kappa shape index (κ2) is 7.56. The van der Waals surface area contributed by atoms with Gasteiger partial charge in [0.1, 0.15) is 0 Å². The van der Waals surface area contributed by atoms with Crippen molar-refractivity contribution >= 4 is 28.8 Å². The van der Waals surface area contributed by atoms with Gasteiger partial charge in [-0.2, -0.15) is 0 Å². The number of nitrogens with two attached hydrogens (primary N) is 1. The Labute approximate surface area is 133 Å².